The number of nitrogens with one attached hydrogen (secondary N) is 3. The molecule has 1 aromatic carbocycles. The predicted octanol–water partition coefficient (Wildman–Crippen LogP) is 2.11. The molecule has 9 nitrogen and oxygen atoms in total. The summed E-state index contributed by atoms with van der Waals surface area (Å²) in [6, 6.07) is 5.80. The smallest absolute Gasteiger partial charge is 0.308 e. The van der Waals surface area contributed by atoms with E-state index in [9.17, 15) is 14.4 Å². The molecular formula is C22H22ClN5O4S. The minimum atomic E-state index is -0.613. The minimum Gasteiger partial charge on any atom is -0.463 e. The fourth-order valence-corrected chi connectivity index (χ4v) is 5.37. The van der Waals surface area contributed by atoms with E-state index in [1.165, 1.54) is 11.3 Å². The van der Waals surface area contributed by atoms with Gasteiger partial charge in [-0.3, -0.25) is 14.4 Å². The molecule has 3 aromatic rings. The summed E-state index contributed by atoms with van der Waals surface area (Å²) in [5, 5.41) is 7.51. The molecule has 11 heteroatoms. The molecule has 2 aliphatic heterocycles. The monoisotopic (exact) mass is 487 g/mol. The van der Waals surface area contributed by atoms with Crippen molar-refractivity contribution in [1.82, 2.24) is 25.5 Å². The highest BCUT2D eigenvalue weighted by atomic mass is 35.5. The summed E-state index contributed by atoms with van der Waals surface area (Å²) >= 11 is 7.40. The molecule has 3 N–H and O–H groups in total. The molecule has 0 saturated carbocycles. The number of ether oxygens (including phenoxy) is 1. The third kappa shape index (κ3) is 4.59. The van der Waals surface area contributed by atoms with Crippen molar-refractivity contribution >= 4 is 51.6 Å². The van der Waals surface area contributed by atoms with Crippen LogP contribution in [0.5, 0.6) is 0 Å². The van der Waals surface area contributed by atoms with Crippen LogP contribution < -0.4 is 10.6 Å². The average Bonchev–Trinajstić information content (AvgIpc) is 3.39. The van der Waals surface area contributed by atoms with Crippen LogP contribution in [0.1, 0.15) is 37.3 Å². The van der Waals surface area contributed by atoms with Crippen LogP contribution in [0.15, 0.2) is 24.3 Å². The van der Waals surface area contributed by atoms with Gasteiger partial charge in [0.05, 0.1) is 24.2 Å². The van der Waals surface area contributed by atoms with E-state index in [4.69, 9.17) is 16.3 Å². The number of hydrogen-bond donors (Lipinski definition) is 3. The van der Waals surface area contributed by atoms with Crippen molar-refractivity contribution in [2.24, 2.45) is 0 Å². The van der Waals surface area contributed by atoms with Crippen LogP contribution in [0.25, 0.3) is 10.9 Å². The van der Waals surface area contributed by atoms with Gasteiger partial charge in [0.15, 0.2) is 5.01 Å². The van der Waals surface area contributed by atoms with Crippen molar-refractivity contribution < 1.29 is 19.1 Å². The molecule has 0 spiro atoms. The number of aromatic nitrogens is 2. The Bertz CT molecular complexity index is 1250. The number of fused-ring (bicyclic) bond motifs is 2. The Balaban J connectivity index is 1.30. The van der Waals surface area contributed by atoms with Gasteiger partial charge in [-0.1, -0.05) is 11.6 Å². The van der Waals surface area contributed by atoms with Crippen molar-refractivity contribution in [2.45, 2.75) is 31.5 Å². The van der Waals surface area contributed by atoms with Gasteiger partial charge < -0.3 is 25.3 Å². The van der Waals surface area contributed by atoms with Gasteiger partial charge >= 0.3 is 5.97 Å². The van der Waals surface area contributed by atoms with Crippen LogP contribution in [0, 0.1) is 0 Å². The fourth-order valence-electron chi connectivity index (χ4n) is 4.10. The first-order valence-corrected chi connectivity index (χ1v) is 11.8. The second-order valence-electron chi connectivity index (χ2n) is 8.34. The third-order valence-electron chi connectivity index (χ3n) is 5.87. The molecule has 0 radical (unpaired) electrons. The number of halogens is 1. The molecule has 0 aliphatic carbocycles. The van der Waals surface area contributed by atoms with Gasteiger partial charge in [0.2, 0.25) is 0 Å². The van der Waals surface area contributed by atoms with Gasteiger partial charge in [-0.25, -0.2) is 4.98 Å². The zero-order chi connectivity index (χ0) is 23.1. The molecule has 5 rings (SSSR count). The molecule has 2 aliphatic rings. The highest BCUT2D eigenvalue weighted by Crippen LogP contribution is 2.25. The van der Waals surface area contributed by atoms with Gasteiger partial charge in [0, 0.05) is 40.3 Å². The van der Waals surface area contributed by atoms with E-state index in [1.807, 2.05) is 7.05 Å². The van der Waals surface area contributed by atoms with Gasteiger partial charge in [-0.2, -0.15) is 0 Å². The van der Waals surface area contributed by atoms with Gasteiger partial charge in [0.25, 0.3) is 11.8 Å². The third-order valence-corrected chi connectivity index (χ3v) is 7.19. The van der Waals surface area contributed by atoms with Crippen LogP contribution in [0.3, 0.4) is 0 Å². The van der Waals surface area contributed by atoms with Crippen molar-refractivity contribution in [2.75, 3.05) is 20.2 Å². The lowest BCUT2D eigenvalue weighted by Crippen LogP contribution is -2.57. The van der Waals surface area contributed by atoms with Crippen molar-refractivity contribution in [1.29, 1.82) is 0 Å². The van der Waals surface area contributed by atoms with E-state index < -0.39 is 18.1 Å². The largest absolute Gasteiger partial charge is 0.463 e. The minimum absolute atomic E-state index is 0.0222. The van der Waals surface area contributed by atoms with Crippen molar-refractivity contribution in [3.63, 3.8) is 0 Å². The zero-order valence-corrected chi connectivity index (χ0v) is 19.4. The van der Waals surface area contributed by atoms with E-state index in [0.717, 1.165) is 41.0 Å². The molecule has 1 saturated heterocycles. The Morgan fingerprint density at radius 1 is 1.24 bits per heavy atom. The average molecular weight is 488 g/mol. The number of hydrogen-bond acceptors (Lipinski definition) is 7. The fraction of sp³-hybridized carbons (Fsp3) is 0.364. The van der Waals surface area contributed by atoms with E-state index in [1.54, 1.807) is 24.3 Å². The van der Waals surface area contributed by atoms with E-state index in [-0.39, 0.29) is 24.8 Å². The van der Waals surface area contributed by atoms with E-state index >= 15 is 0 Å². The highest BCUT2D eigenvalue weighted by molar-refractivity contribution is 7.13. The summed E-state index contributed by atoms with van der Waals surface area (Å²) in [5.41, 5.74) is 2.07. The summed E-state index contributed by atoms with van der Waals surface area (Å²) < 4.78 is 5.15. The Labute approximate surface area is 198 Å². The number of benzene rings is 1. The van der Waals surface area contributed by atoms with Crippen LogP contribution in [-0.4, -0.2) is 64.9 Å². The van der Waals surface area contributed by atoms with Crippen molar-refractivity contribution in [3.05, 3.63) is 50.6 Å². The molecule has 4 heterocycles. The Morgan fingerprint density at radius 2 is 2.06 bits per heavy atom. The molecule has 0 bridgehead atoms. The number of amides is 2. The maximum absolute atomic E-state index is 12.9. The quantitative estimate of drug-likeness (QED) is 0.485. The summed E-state index contributed by atoms with van der Waals surface area (Å²) in [7, 11) is 2.04. The number of carbonyl (C=O) groups is 3. The van der Waals surface area contributed by atoms with Crippen LogP contribution in [-0.2, 0) is 22.5 Å². The maximum Gasteiger partial charge on any atom is 0.308 e. The molecule has 33 heavy (non-hydrogen) atoms. The Morgan fingerprint density at radius 3 is 2.91 bits per heavy atom. The van der Waals surface area contributed by atoms with Crippen LogP contribution in [0.2, 0.25) is 5.02 Å². The van der Waals surface area contributed by atoms with Gasteiger partial charge in [0.1, 0.15) is 12.3 Å². The second-order valence-corrected chi connectivity index (χ2v) is 9.86. The number of thiazole rings is 1. The number of likely N-dealkylation sites (N-methyl/N-ethyl adjacent to an activating group) is 1. The first kappa shape index (κ1) is 21.9. The molecule has 1 fully saturated rings. The van der Waals surface area contributed by atoms with E-state index in [2.05, 4.69) is 25.5 Å². The van der Waals surface area contributed by atoms with Gasteiger partial charge in [-0.05, 0) is 31.3 Å². The first-order chi connectivity index (χ1) is 15.9. The van der Waals surface area contributed by atoms with Crippen LogP contribution >= 0.6 is 22.9 Å². The number of H-pyrrole nitrogens is 1. The number of cyclic esters (lactones) is 1. The molecule has 2 unspecified atom stereocenters. The SMILES string of the molecule is CN1CCc2nc(C(=O)NC3COC(=O)CC3NC(=O)c3cc4cc(Cl)ccc4[nH]3)sc2C1. The lowest BCUT2D eigenvalue weighted by atomic mass is 10.0. The number of esters is 1. The maximum atomic E-state index is 12.9. The molecule has 2 atom stereocenters. The number of carbonyl (C=O) groups excluding carboxylic acids is 3. The number of nitrogens with zero attached hydrogens (tertiary/aromatic N) is 2. The summed E-state index contributed by atoms with van der Waals surface area (Å²) in [5.74, 6) is -1.14. The summed E-state index contributed by atoms with van der Waals surface area (Å²) in [6.07, 6.45) is 0.771. The lowest BCUT2D eigenvalue weighted by molar-refractivity contribution is -0.149. The summed E-state index contributed by atoms with van der Waals surface area (Å²) in [4.78, 5) is 48.5. The van der Waals surface area contributed by atoms with E-state index in [0.29, 0.717) is 15.7 Å². The number of rotatable bonds is 4. The zero-order valence-electron chi connectivity index (χ0n) is 17.8. The molecule has 2 aromatic heterocycles. The topological polar surface area (TPSA) is 116 Å². The lowest BCUT2D eigenvalue weighted by Gasteiger charge is -2.31. The van der Waals surface area contributed by atoms with Crippen LogP contribution in [0.4, 0.5) is 0 Å². The highest BCUT2D eigenvalue weighted by Gasteiger charge is 2.34. The molecule has 2 amide bonds. The Hall–Kier alpha value is -2.95. The van der Waals surface area contributed by atoms with Gasteiger partial charge in [-0.15, -0.1) is 11.3 Å². The molecule has 172 valence electrons. The first-order valence-electron chi connectivity index (χ1n) is 10.6. The number of aromatic amines is 1. The second kappa shape index (κ2) is 8.77. The summed E-state index contributed by atoms with van der Waals surface area (Å²) in [6.45, 7) is 1.66. The standard InChI is InChI=1S/C22H22ClN5O4S/c1-28-5-4-14-18(9-28)33-22(27-14)21(31)26-17-10-32-19(29)8-15(17)25-20(30)16-7-11-6-12(23)2-3-13(11)24-16/h2-3,6-7,15,17,24H,4-5,8-10H2,1H3,(H,25,30)(H,26,31). The molecular weight excluding hydrogens is 466 g/mol. The Kier molecular flexibility index (Phi) is 5.81. The normalized spacial score (nSPS) is 20.8. The van der Waals surface area contributed by atoms with Crippen molar-refractivity contribution in [3.8, 4) is 0 Å². The predicted molar refractivity (Wildman–Crippen MR) is 124 cm³/mol.